The number of hydrogen-bond donors (Lipinski definition) is 0. The van der Waals surface area contributed by atoms with Gasteiger partial charge in [-0.25, -0.2) is 0 Å². The van der Waals surface area contributed by atoms with Crippen LogP contribution in [0.15, 0.2) is 30.3 Å². The lowest BCUT2D eigenvalue weighted by molar-refractivity contribution is -0.123. The zero-order chi connectivity index (χ0) is 16.1. The molecule has 2 aliphatic carbocycles. The number of rotatable bonds is 3. The van der Waals surface area contributed by atoms with Crippen LogP contribution in [-0.2, 0) is 4.79 Å². The van der Waals surface area contributed by atoms with Gasteiger partial charge in [-0.05, 0) is 62.1 Å². The Balaban J connectivity index is 0.000000166. The van der Waals surface area contributed by atoms with Gasteiger partial charge in [-0.3, -0.25) is 4.79 Å². The number of fused-ring (bicyclic) bond motifs is 1. The fourth-order valence-electron chi connectivity index (χ4n) is 3.88. The average molecular weight is 315 g/mol. The molecule has 0 N–H and O–H groups in total. The summed E-state index contributed by atoms with van der Waals surface area (Å²) in [7, 11) is 1.66. The molecular formula is C20H29NO2. The highest BCUT2D eigenvalue weighted by Crippen LogP contribution is 2.37. The van der Waals surface area contributed by atoms with Crippen molar-refractivity contribution in [1.29, 1.82) is 0 Å². The summed E-state index contributed by atoms with van der Waals surface area (Å²) < 4.78 is 4.91. The lowest BCUT2D eigenvalue weighted by atomic mass is 9.74. The maximum absolute atomic E-state index is 11.4. The van der Waals surface area contributed by atoms with E-state index in [0.29, 0.717) is 5.78 Å². The Labute approximate surface area is 140 Å². The van der Waals surface area contributed by atoms with Gasteiger partial charge in [0.15, 0.2) is 0 Å². The van der Waals surface area contributed by atoms with Gasteiger partial charge < -0.3 is 9.64 Å². The van der Waals surface area contributed by atoms with Crippen LogP contribution < -0.4 is 4.74 Å². The summed E-state index contributed by atoms with van der Waals surface area (Å²) in [5.41, 5.74) is 0. The van der Waals surface area contributed by atoms with E-state index >= 15 is 0 Å². The number of ketones is 1. The number of piperidine rings is 1. The number of nitrogens with zero attached hydrogens (tertiary/aromatic N) is 1. The summed E-state index contributed by atoms with van der Waals surface area (Å²) in [4.78, 5) is 14.0. The summed E-state index contributed by atoms with van der Waals surface area (Å²) in [6.07, 6.45) is 7.13. The predicted octanol–water partition coefficient (Wildman–Crippen LogP) is 3.78. The Kier molecular flexibility index (Phi) is 5.71. The van der Waals surface area contributed by atoms with Gasteiger partial charge in [-0.15, -0.1) is 0 Å². The summed E-state index contributed by atoms with van der Waals surface area (Å²) in [6, 6.07) is 9.68. The summed E-state index contributed by atoms with van der Waals surface area (Å²) in [6.45, 7) is 3.89. The van der Waals surface area contributed by atoms with Crippen molar-refractivity contribution < 1.29 is 9.53 Å². The van der Waals surface area contributed by atoms with Gasteiger partial charge in [0.05, 0.1) is 7.11 Å². The molecule has 2 saturated carbocycles. The third-order valence-electron chi connectivity index (χ3n) is 5.45. The molecular weight excluding hydrogens is 286 g/mol. The summed E-state index contributed by atoms with van der Waals surface area (Å²) >= 11 is 0. The SMILES string of the molecule is COc1ccccc1.O=C1CCC2CN(CC3CC3)CCC2C1. The van der Waals surface area contributed by atoms with Crippen LogP contribution in [0.2, 0.25) is 0 Å². The standard InChI is InChI=1S/C13H21NO.C7H8O/c15-13-4-3-12-9-14(8-10-1-2-10)6-5-11(12)7-13;1-8-7-5-3-2-4-6-7/h10-12H,1-9H2;2-6H,1H3. The number of benzene rings is 1. The van der Waals surface area contributed by atoms with Crippen LogP contribution in [0.1, 0.15) is 38.5 Å². The van der Waals surface area contributed by atoms with Crippen LogP contribution in [0, 0.1) is 17.8 Å². The molecule has 2 unspecified atom stereocenters. The number of methoxy groups -OCH3 is 1. The van der Waals surface area contributed by atoms with Gasteiger partial charge >= 0.3 is 0 Å². The molecule has 3 aliphatic rings. The van der Waals surface area contributed by atoms with Crippen molar-refractivity contribution >= 4 is 5.78 Å². The first-order valence-electron chi connectivity index (χ1n) is 9.07. The number of ether oxygens (including phenoxy) is 1. The molecule has 1 aromatic carbocycles. The van der Waals surface area contributed by atoms with Crippen molar-refractivity contribution in [2.24, 2.45) is 17.8 Å². The minimum atomic E-state index is 0.520. The molecule has 0 aromatic heterocycles. The van der Waals surface area contributed by atoms with Gasteiger partial charge in [0.2, 0.25) is 0 Å². The monoisotopic (exact) mass is 315 g/mol. The molecule has 23 heavy (non-hydrogen) atoms. The Morgan fingerprint density at radius 2 is 1.87 bits per heavy atom. The highest BCUT2D eigenvalue weighted by Gasteiger charge is 2.35. The second kappa shape index (κ2) is 7.96. The molecule has 4 rings (SSSR count). The Bertz CT molecular complexity index is 498. The lowest BCUT2D eigenvalue weighted by Crippen LogP contribution is -2.43. The minimum Gasteiger partial charge on any atom is -0.497 e. The van der Waals surface area contributed by atoms with Crippen molar-refractivity contribution in [3.63, 3.8) is 0 Å². The van der Waals surface area contributed by atoms with E-state index in [9.17, 15) is 4.79 Å². The molecule has 1 aliphatic heterocycles. The van der Waals surface area contributed by atoms with Gasteiger partial charge in [0, 0.05) is 25.9 Å². The van der Waals surface area contributed by atoms with E-state index in [-0.39, 0.29) is 0 Å². The van der Waals surface area contributed by atoms with E-state index in [2.05, 4.69) is 4.90 Å². The van der Waals surface area contributed by atoms with E-state index in [1.807, 2.05) is 30.3 Å². The van der Waals surface area contributed by atoms with Crippen molar-refractivity contribution in [3.05, 3.63) is 30.3 Å². The second-order valence-corrected chi connectivity index (χ2v) is 7.31. The van der Waals surface area contributed by atoms with Crippen molar-refractivity contribution in [1.82, 2.24) is 4.90 Å². The second-order valence-electron chi connectivity index (χ2n) is 7.31. The fraction of sp³-hybridized carbons (Fsp3) is 0.650. The van der Waals surface area contributed by atoms with Crippen LogP contribution >= 0.6 is 0 Å². The molecule has 0 spiro atoms. The average Bonchev–Trinajstić information content (AvgIpc) is 3.40. The van der Waals surface area contributed by atoms with Gasteiger partial charge in [-0.2, -0.15) is 0 Å². The minimum absolute atomic E-state index is 0.520. The molecule has 3 nitrogen and oxygen atoms in total. The summed E-state index contributed by atoms with van der Waals surface area (Å²) in [5, 5.41) is 0. The highest BCUT2D eigenvalue weighted by atomic mass is 16.5. The molecule has 1 saturated heterocycles. The Morgan fingerprint density at radius 1 is 1.09 bits per heavy atom. The third kappa shape index (κ3) is 5.07. The normalized spacial score (nSPS) is 27.6. The molecule has 0 radical (unpaired) electrons. The Hall–Kier alpha value is -1.35. The van der Waals surface area contributed by atoms with Gasteiger partial charge in [0.25, 0.3) is 0 Å². The van der Waals surface area contributed by atoms with Crippen molar-refractivity contribution in [2.75, 3.05) is 26.7 Å². The zero-order valence-corrected chi connectivity index (χ0v) is 14.2. The van der Waals surface area contributed by atoms with Crippen molar-refractivity contribution in [3.8, 4) is 5.75 Å². The smallest absolute Gasteiger partial charge is 0.133 e. The van der Waals surface area contributed by atoms with Gasteiger partial charge in [0.1, 0.15) is 11.5 Å². The molecule has 126 valence electrons. The number of Topliss-reactive ketones (excluding diaryl/α,β-unsaturated/α-hetero) is 1. The van der Waals surface area contributed by atoms with E-state index in [0.717, 1.165) is 36.3 Å². The van der Waals surface area contributed by atoms with Crippen LogP contribution in [0.5, 0.6) is 5.75 Å². The van der Waals surface area contributed by atoms with E-state index in [1.165, 1.54) is 45.3 Å². The highest BCUT2D eigenvalue weighted by molar-refractivity contribution is 5.79. The molecule has 3 fully saturated rings. The maximum Gasteiger partial charge on any atom is 0.133 e. The first kappa shape index (κ1) is 16.5. The number of hydrogen-bond acceptors (Lipinski definition) is 3. The van der Waals surface area contributed by atoms with Crippen molar-refractivity contribution in [2.45, 2.75) is 38.5 Å². The molecule has 1 aromatic rings. The maximum atomic E-state index is 11.4. The fourth-order valence-corrected chi connectivity index (χ4v) is 3.88. The Morgan fingerprint density at radius 3 is 2.52 bits per heavy atom. The largest absolute Gasteiger partial charge is 0.497 e. The van der Waals surface area contributed by atoms with E-state index in [1.54, 1.807) is 7.11 Å². The number of likely N-dealkylation sites (tertiary alicyclic amines) is 1. The van der Waals surface area contributed by atoms with Crippen LogP contribution in [0.4, 0.5) is 0 Å². The number of para-hydroxylation sites is 1. The quantitative estimate of drug-likeness (QED) is 0.850. The first-order valence-corrected chi connectivity index (χ1v) is 9.07. The zero-order valence-electron chi connectivity index (χ0n) is 14.2. The number of carbonyl (C=O) groups is 1. The third-order valence-corrected chi connectivity index (χ3v) is 5.45. The predicted molar refractivity (Wildman–Crippen MR) is 92.6 cm³/mol. The molecule has 0 amide bonds. The van der Waals surface area contributed by atoms with Crippen LogP contribution in [0.25, 0.3) is 0 Å². The number of carbonyl (C=O) groups excluding carboxylic acids is 1. The van der Waals surface area contributed by atoms with E-state index < -0.39 is 0 Å². The van der Waals surface area contributed by atoms with E-state index in [4.69, 9.17) is 4.74 Å². The topological polar surface area (TPSA) is 29.5 Å². The molecule has 3 heteroatoms. The first-order chi connectivity index (χ1) is 11.2. The summed E-state index contributed by atoms with van der Waals surface area (Å²) in [5.74, 6) is 4.03. The van der Waals surface area contributed by atoms with Gasteiger partial charge in [-0.1, -0.05) is 18.2 Å². The molecule has 0 bridgehead atoms. The van der Waals surface area contributed by atoms with Crippen LogP contribution in [-0.4, -0.2) is 37.4 Å². The molecule has 2 atom stereocenters. The lowest BCUT2D eigenvalue weighted by Gasteiger charge is -2.40. The van der Waals surface area contributed by atoms with Crippen LogP contribution in [0.3, 0.4) is 0 Å². The molecule has 1 heterocycles.